The highest BCUT2D eigenvalue weighted by atomic mass is 79.9. The second-order valence-electron chi connectivity index (χ2n) is 13.5. The van der Waals surface area contributed by atoms with Crippen LogP contribution in [0.3, 0.4) is 0 Å². The van der Waals surface area contributed by atoms with Crippen LogP contribution in [0.1, 0.15) is 44.7 Å². The molecule has 0 radical (unpaired) electrons. The summed E-state index contributed by atoms with van der Waals surface area (Å²) in [6.45, 7) is 18.6. The van der Waals surface area contributed by atoms with Crippen LogP contribution < -0.4 is 14.5 Å². The number of alkyl halides is 1. The minimum atomic E-state index is -0.879. The lowest BCUT2D eigenvalue weighted by Gasteiger charge is -2.41. The molecule has 1 spiro atoms. The highest BCUT2D eigenvalue weighted by molar-refractivity contribution is 9.09. The average molecular weight is 739 g/mol. The summed E-state index contributed by atoms with van der Waals surface area (Å²) in [7, 11) is 0. The minimum Gasteiger partial charge on any atom is -0.494 e. The number of rotatable bonds is 14. The van der Waals surface area contributed by atoms with Crippen LogP contribution in [-0.4, -0.2) is 80.9 Å². The summed E-state index contributed by atoms with van der Waals surface area (Å²) in [5.41, 5.74) is 3.38. The number of aryl methyl sites for hydroxylation is 2. The summed E-state index contributed by atoms with van der Waals surface area (Å²) in [4.78, 5) is 50.0. The van der Waals surface area contributed by atoms with Gasteiger partial charge in [-0.2, -0.15) is 0 Å². The third kappa shape index (κ3) is 6.24. The van der Waals surface area contributed by atoms with Crippen LogP contribution in [0.2, 0.25) is 0 Å². The van der Waals surface area contributed by atoms with Gasteiger partial charge in [0.05, 0.1) is 35.8 Å². The van der Waals surface area contributed by atoms with E-state index in [9.17, 15) is 14.7 Å². The zero-order valence-electron chi connectivity index (χ0n) is 28.6. The van der Waals surface area contributed by atoms with Gasteiger partial charge in [0.2, 0.25) is 11.8 Å². The zero-order chi connectivity index (χ0) is 34.9. The van der Waals surface area contributed by atoms with E-state index in [0.29, 0.717) is 30.9 Å². The van der Waals surface area contributed by atoms with Crippen molar-refractivity contribution in [2.24, 2.45) is 17.8 Å². The van der Waals surface area contributed by atoms with Crippen molar-refractivity contribution in [1.82, 2.24) is 4.90 Å². The van der Waals surface area contributed by atoms with E-state index in [0.717, 1.165) is 16.8 Å². The molecule has 0 aliphatic carbocycles. The lowest BCUT2D eigenvalue weighted by Crippen LogP contribution is -2.58. The van der Waals surface area contributed by atoms with Gasteiger partial charge in [0.15, 0.2) is 0 Å². The quantitative estimate of drug-likeness (QED) is 0.181. The molecule has 258 valence electrons. The van der Waals surface area contributed by atoms with Gasteiger partial charge in [-0.25, -0.2) is 0 Å². The van der Waals surface area contributed by atoms with Gasteiger partial charge in [0.25, 0.3) is 5.91 Å². The number of aliphatic hydroxyl groups is 1. The highest BCUT2D eigenvalue weighted by Crippen LogP contribution is 2.68. The van der Waals surface area contributed by atoms with Crippen LogP contribution in [0.15, 0.2) is 67.8 Å². The molecule has 1 N–H and O–H groups in total. The summed E-state index contributed by atoms with van der Waals surface area (Å²) >= 11 is 5.51. The van der Waals surface area contributed by atoms with Crippen molar-refractivity contribution >= 4 is 56.8 Å². The van der Waals surface area contributed by atoms with Crippen LogP contribution >= 0.6 is 27.7 Å². The molecule has 0 saturated carbocycles. The Hall–Kier alpha value is -3.08. The summed E-state index contributed by atoms with van der Waals surface area (Å²) in [5.74, 6) is -1.15. The van der Waals surface area contributed by atoms with Gasteiger partial charge >= 0.3 is 0 Å². The Morgan fingerprint density at radius 2 is 1.71 bits per heavy atom. The molecule has 2 bridgehead atoms. The number of amides is 3. The predicted octanol–water partition coefficient (Wildman–Crippen LogP) is 6.31. The molecule has 3 aliphatic heterocycles. The van der Waals surface area contributed by atoms with Crippen molar-refractivity contribution in [1.29, 1.82) is 0 Å². The molecule has 3 fully saturated rings. The molecule has 5 rings (SSSR count). The number of benzene rings is 2. The Morgan fingerprint density at radius 1 is 1.08 bits per heavy atom. The molecule has 48 heavy (non-hydrogen) atoms. The first kappa shape index (κ1) is 36.2. The summed E-state index contributed by atoms with van der Waals surface area (Å²) in [6, 6.07) is 11.9. The summed E-state index contributed by atoms with van der Waals surface area (Å²) < 4.78 is 4.76. The van der Waals surface area contributed by atoms with Crippen molar-refractivity contribution in [3.63, 3.8) is 0 Å². The van der Waals surface area contributed by atoms with Crippen LogP contribution in [0.5, 0.6) is 5.75 Å². The van der Waals surface area contributed by atoms with Gasteiger partial charge in [0.1, 0.15) is 11.8 Å². The molecule has 2 aromatic carbocycles. The summed E-state index contributed by atoms with van der Waals surface area (Å²) in [6.07, 6.45) is 4.47. The number of thioether (sulfide) groups is 1. The first-order chi connectivity index (χ1) is 22.9. The van der Waals surface area contributed by atoms with E-state index in [4.69, 9.17) is 4.74 Å². The minimum absolute atomic E-state index is 0.0904. The second kappa shape index (κ2) is 14.8. The van der Waals surface area contributed by atoms with E-state index in [1.165, 1.54) is 0 Å². The van der Waals surface area contributed by atoms with Gasteiger partial charge in [-0.3, -0.25) is 14.4 Å². The van der Waals surface area contributed by atoms with E-state index in [2.05, 4.69) is 29.1 Å². The molecule has 3 heterocycles. The van der Waals surface area contributed by atoms with E-state index in [1.807, 2.05) is 77.1 Å². The summed E-state index contributed by atoms with van der Waals surface area (Å²) in [5, 5.41) is 10.6. The Morgan fingerprint density at radius 3 is 2.27 bits per heavy atom. The number of fused-ring (bicyclic) bond motifs is 1. The second-order valence-corrected chi connectivity index (χ2v) is 16.2. The topological polar surface area (TPSA) is 90.4 Å². The van der Waals surface area contributed by atoms with E-state index < -0.39 is 28.7 Å². The average Bonchev–Trinajstić information content (AvgIpc) is 3.65. The number of carbonyl (C=O) groups excluding carboxylic acids is 3. The number of hydrogen-bond donors (Lipinski definition) is 1. The zero-order valence-corrected chi connectivity index (χ0v) is 31.0. The fraction of sp³-hybridized carbons (Fsp3) is 0.500. The van der Waals surface area contributed by atoms with Crippen molar-refractivity contribution in [2.45, 2.75) is 74.4 Å². The number of carbonyl (C=O) groups is 3. The SMILES string of the molecule is C=CCN(C(=O)[C@H]1[C@@H]2SC3(CC2Br)C(C(=O)N(CC=C)c2c(C)cccc2C)N([C@@H](CO)CC(C)C)C(=O)[C@H]13)c1ccc(OCC)cc1. The van der Waals surface area contributed by atoms with Crippen molar-refractivity contribution in [3.05, 3.63) is 78.9 Å². The standard InChI is InChI=1S/C38H48BrN3O5S/c1-8-18-40(26-14-16-28(17-15-26)47-10-3)35(44)30-31-36(45)42(27(22-43)20-23(4)5)34(38(31)21-29(39)33(30)48-38)37(46)41(19-9-2)32-24(6)12-11-13-25(32)7/h8-9,11-17,23,27,29-31,33-34,43H,1-2,10,18-22H2,3-7H3/t27-,29?,30-,31+,33-,34?,38?/m1/s1. The third-order valence-corrected chi connectivity index (χ3v) is 13.1. The third-order valence-electron chi connectivity index (χ3n) is 9.92. The number of halogens is 1. The van der Waals surface area contributed by atoms with Gasteiger partial charge < -0.3 is 24.5 Å². The van der Waals surface area contributed by atoms with E-state index >= 15 is 4.79 Å². The Kier molecular flexibility index (Phi) is 11.2. The van der Waals surface area contributed by atoms with Crippen LogP contribution in [0.25, 0.3) is 0 Å². The molecule has 3 aliphatic rings. The normalized spacial score (nSPS) is 26.4. The molecular weight excluding hydrogens is 690 g/mol. The van der Waals surface area contributed by atoms with Gasteiger partial charge in [0, 0.05) is 34.5 Å². The number of nitrogens with zero attached hydrogens (tertiary/aromatic N) is 3. The van der Waals surface area contributed by atoms with Gasteiger partial charge in [-0.15, -0.1) is 24.9 Å². The van der Waals surface area contributed by atoms with Crippen molar-refractivity contribution in [3.8, 4) is 5.75 Å². The van der Waals surface area contributed by atoms with E-state index in [1.54, 1.807) is 38.6 Å². The lowest BCUT2D eigenvalue weighted by atomic mass is 9.70. The fourth-order valence-electron chi connectivity index (χ4n) is 8.16. The van der Waals surface area contributed by atoms with E-state index in [-0.39, 0.29) is 53.4 Å². The lowest BCUT2D eigenvalue weighted by molar-refractivity contribution is -0.142. The maximum absolute atomic E-state index is 15.2. The molecule has 2 aromatic rings. The van der Waals surface area contributed by atoms with Crippen LogP contribution in [0.4, 0.5) is 11.4 Å². The Bertz CT molecular complexity index is 1530. The van der Waals surface area contributed by atoms with Crippen molar-refractivity contribution in [2.75, 3.05) is 36.1 Å². The first-order valence-electron chi connectivity index (χ1n) is 16.8. The monoisotopic (exact) mass is 737 g/mol. The molecule has 7 atom stereocenters. The van der Waals surface area contributed by atoms with Crippen molar-refractivity contribution < 1.29 is 24.2 Å². The largest absolute Gasteiger partial charge is 0.494 e. The first-order valence-corrected chi connectivity index (χ1v) is 18.6. The van der Waals surface area contributed by atoms with Crippen LogP contribution in [-0.2, 0) is 14.4 Å². The Balaban J connectivity index is 1.63. The smallest absolute Gasteiger partial charge is 0.251 e. The number of anilines is 2. The predicted molar refractivity (Wildman–Crippen MR) is 198 cm³/mol. The number of aliphatic hydroxyl groups excluding tert-OH is 1. The fourth-order valence-corrected chi connectivity index (χ4v) is 11.7. The molecule has 10 heteroatoms. The maximum Gasteiger partial charge on any atom is 0.251 e. The molecule has 8 nitrogen and oxygen atoms in total. The molecule has 0 aromatic heterocycles. The van der Waals surface area contributed by atoms with Crippen LogP contribution in [0, 0.1) is 31.6 Å². The Labute approximate surface area is 297 Å². The molecular formula is C38H48BrN3O5S. The van der Waals surface area contributed by atoms with Gasteiger partial charge in [-0.05, 0) is 74.9 Å². The molecule has 3 saturated heterocycles. The molecule has 3 amide bonds. The number of likely N-dealkylation sites (tertiary alicyclic amines) is 1. The highest BCUT2D eigenvalue weighted by Gasteiger charge is 2.76. The number of para-hydroxylation sites is 1. The van der Waals surface area contributed by atoms with Gasteiger partial charge in [-0.1, -0.05) is 60.1 Å². The number of hydrogen-bond acceptors (Lipinski definition) is 6. The maximum atomic E-state index is 15.2. The number of ether oxygens (including phenoxy) is 1. The molecule has 3 unspecified atom stereocenters.